The van der Waals surface area contributed by atoms with Gasteiger partial charge in [0, 0.05) is 13.1 Å². The van der Waals surface area contributed by atoms with Gasteiger partial charge in [-0.15, -0.1) is 0 Å². The molecule has 4 rings (SSSR count). The number of rotatable bonds is 11. The van der Waals surface area contributed by atoms with Crippen molar-refractivity contribution in [3.63, 3.8) is 0 Å². The third kappa shape index (κ3) is 10.0. The summed E-state index contributed by atoms with van der Waals surface area (Å²) in [5.41, 5.74) is 6.85. The van der Waals surface area contributed by atoms with Crippen LogP contribution in [0.1, 0.15) is 94.4 Å². The van der Waals surface area contributed by atoms with Crippen LogP contribution in [0.25, 0.3) is 5.57 Å². The fourth-order valence-corrected chi connectivity index (χ4v) is 5.83. The molecule has 0 spiro atoms. The zero-order valence-corrected chi connectivity index (χ0v) is 24.2. The van der Waals surface area contributed by atoms with Crippen LogP contribution in [0.4, 0.5) is 4.39 Å². The monoisotopic (exact) mass is 515 g/mol. The summed E-state index contributed by atoms with van der Waals surface area (Å²) in [6.07, 6.45) is 21.4. The summed E-state index contributed by atoms with van der Waals surface area (Å²) in [6.45, 7) is 14.6. The summed E-state index contributed by atoms with van der Waals surface area (Å²) < 4.78 is 12.4. The average molecular weight is 516 g/mol. The molecule has 206 valence electrons. The summed E-state index contributed by atoms with van der Waals surface area (Å²) in [5, 5.41) is 0. The molecule has 1 heterocycles. The fraction of sp³-hybridized carbons (Fsp3) is 0.500. The molecule has 1 aliphatic carbocycles. The normalized spacial score (nSPS) is 17.0. The van der Waals surface area contributed by atoms with Crippen molar-refractivity contribution >= 4 is 5.57 Å². The number of hydrogen-bond donors (Lipinski definition) is 0. The van der Waals surface area contributed by atoms with Crippen molar-refractivity contribution in [3.8, 4) is 0 Å². The van der Waals surface area contributed by atoms with Gasteiger partial charge in [-0.25, -0.2) is 4.39 Å². The van der Waals surface area contributed by atoms with E-state index in [1.165, 1.54) is 87.2 Å². The molecule has 1 unspecified atom stereocenters. The van der Waals surface area contributed by atoms with E-state index in [2.05, 4.69) is 67.8 Å². The van der Waals surface area contributed by atoms with Crippen LogP contribution < -0.4 is 0 Å². The van der Waals surface area contributed by atoms with E-state index in [4.69, 9.17) is 0 Å². The van der Waals surface area contributed by atoms with Crippen LogP contribution >= 0.6 is 0 Å². The quantitative estimate of drug-likeness (QED) is 0.288. The van der Waals surface area contributed by atoms with E-state index < -0.39 is 0 Å². The molecule has 2 heteroatoms. The summed E-state index contributed by atoms with van der Waals surface area (Å²) in [5.74, 6) is 1.40. The molecule has 0 aromatic heterocycles. The van der Waals surface area contributed by atoms with Gasteiger partial charge in [-0.3, -0.25) is 4.90 Å². The fourth-order valence-electron chi connectivity index (χ4n) is 5.83. The molecule has 2 aromatic rings. The maximum atomic E-state index is 12.4. The molecule has 0 saturated heterocycles. The Morgan fingerprint density at radius 1 is 1.00 bits per heavy atom. The molecule has 2 aromatic carbocycles. The number of aryl methyl sites for hydroxylation is 2. The van der Waals surface area contributed by atoms with Gasteiger partial charge in [0.2, 0.25) is 0 Å². The lowest BCUT2D eigenvalue weighted by molar-refractivity contribution is 0.243. The van der Waals surface area contributed by atoms with Crippen molar-refractivity contribution in [2.24, 2.45) is 11.8 Å². The summed E-state index contributed by atoms with van der Waals surface area (Å²) in [4.78, 5) is 2.67. The molecule has 0 fully saturated rings. The second-order valence-corrected chi connectivity index (χ2v) is 11.2. The van der Waals surface area contributed by atoms with Gasteiger partial charge >= 0.3 is 0 Å². The predicted molar refractivity (Wildman–Crippen MR) is 164 cm³/mol. The van der Waals surface area contributed by atoms with Gasteiger partial charge in [-0.1, -0.05) is 102 Å². The van der Waals surface area contributed by atoms with E-state index in [0.29, 0.717) is 5.92 Å². The molecule has 0 saturated carbocycles. The van der Waals surface area contributed by atoms with Crippen molar-refractivity contribution in [2.45, 2.75) is 91.5 Å². The second-order valence-electron chi connectivity index (χ2n) is 11.2. The van der Waals surface area contributed by atoms with Gasteiger partial charge in [-0.2, -0.15) is 0 Å². The molecule has 0 N–H and O–H groups in total. The Hall–Kier alpha value is -2.45. The number of benzene rings is 2. The van der Waals surface area contributed by atoms with E-state index in [1.807, 2.05) is 13.0 Å². The molecule has 0 amide bonds. The minimum Gasteiger partial charge on any atom is -0.298 e. The van der Waals surface area contributed by atoms with Gasteiger partial charge < -0.3 is 0 Å². The van der Waals surface area contributed by atoms with E-state index in [-0.39, 0.29) is 5.82 Å². The third-order valence-corrected chi connectivity index (χ3v) is 8.04. The average Bonchev–Trinajstić information content (AvgIpc) is 3.13. The standard InChI is InChI=1S/C28H41N.C8H9F/c1-4-10-24(11-5-2)16-15-23(3)27-18-17-26-14-9-19-29(22-28(26)20-27)21-25-12-7-6-8-13-25;1-2-7-4-3-5-8(9)6-7/h6-8,12,17-18,20,24-25H,3-5,9-11,13-16,19,21-22H2,1-2H3;3-6H,2H2,1H3. The number of allylic oxidation sites excluding steroid dienone is 4. The number of hydrogen-bond acceptors (Lipinski definition) is 1. The van der Waals surface area contributed by atoms with Crippen LogP contribution in [0.5, 0.6) is 0 Å². The molecule has 38 heavy (non-hydrogen) atoms. The lowest BCUT2D eigenvalue weighted by atomic mass is 9.89. The SMILES string of the molecule is C=C(CCC(CCC)CCC)c1ccc2c(c1)CN(CC1C=CC=CC1)CCC2.CCc1cccc(F)c1. The van der Waals surface area contributed by atoms with Crippen LogP contribution in [-0.4, -0.2) is 18.0 Å². The van der Waals surface area contributed by atoms with Gasteiger partial charge in [0.1, 0.15) is 5.82 Å². The summed E-state index contributed by atoms with van der Waals surface area (Å²) in [6, 6.07) is 13.8. The molecule has 0 bridgehead atoms. The molecular formula is C36H50FN. The Labute approximate surface area is 232 Å². The van der Waals surface area contributed by atoms with Crippen molar-refractivity contribution in [1.82, 2.24) is 4.90 Å². The first-order valence-electron chi connectivity index (χ1n) is 15.1. The number of nitrogens with zero attached hydrogens (tertiary/aromatic N) is 1. The third-order valence-electron chi connectivity index (χ3n) is 8.04. The molecule has 2 aliphatic rings. The zero-order valence-electron chi connectivity index (χ0n) is 24.2. The highest BCUT2D eigenvalue weighted by Crippen LogP contribution is 2.29. The smallest absolute Gasteiger partial charge is 0.123 e. The van der Waals surface area contributed by atoms with Gasteiger partial charge in [0.05, 0.1) is 0 Å². The van der Waals surface area contributed by atoms with Crippen molar-refractivity contribution < 1.29 is 4.39 Å². The van der Waals surface area contributed by atoms with Crippen LogP contribution in [0.15, 0.2) is 73.3 Å². The van der Waals surface area contributed by atoms with Crippen molar-refractivity contribution in [1.29, 1.82) is 0 Å². The van der Waals surface area contributed by atoms with E-state index in [1.54, 1.807) is 17.7 Å². The van der Waals surface area contributed by atoms with Crippen molar-refractivity contribution in [3.05, 3.63) is 101 Å². The van der Waals surface area contributed by atoms with Gasteiger partial charge in [0.25, 0.3) is 0 Å². The van der Waals surface area contributed by atoms with Gasteiger partial charge in [-0.05, 0) is 103 Å². The number of halogens is 1. The van der Waals surface area contributed by atoms with E-state index in [0.717, 1.165) is 30.9 Å². The molecular weight excluding hydrogens is 465 g/mol. The minimum atomic E-state index is -0.144. The first kappa shape index (κ1) is 30.1. The second kappa shape index (κ2) is 16.5. The van der Waals surface area contributed by atoms with Crippen LogP contribution in [0, 0.1) is 17.7 Å². The van der Waals surface area contributed by atoms with Crippen molar-refractivity contribution in [2.75, 3.05) is 13.1 Å². The Morgan fingerprint density at radius 3 is 2.47 bits per heavy atom. The Bertz CT molecular complexity index is 1040. The summed E-state index contributed by atoms with van der Waals surface area (Å²) in [7, 11) is 0. The Balaban J connectivity index is 0.000000375. The zero-order chi connectivity index (χ0) is 27.2. The van der Waals surface area contributed by atoms with Crippen LogP contribution in [0.3, 0.4) is 0 Å². The molecule has 1 atom stereocenters. The Kier molecular flexibility index (Phi) is 13.1. The van der Waals surface area contributed by atoms with Crippen LogP contribution in [0.2, 0.25) is 0 Å². The minimum absolute atomic E-state index is 0.144. The highest BCUT2D eigenvalue weighted by atomic mass is 19.1. The maximum absolute atomic E-state index is 12.4. The largest absolute Gasteiger partial charge is 0.298 e. The number of fused-ring (bicyclic) bond motifs is 1. The van der Waals surface area contributed by atoms with Crippen LogP contribution in [-0.2, 0) is 19.4 Å². The lowest BCUT2D eigenvalue weighted by Gasteiger charge is -2.25. The highest BCUT2D eigenvalue weighted by molar-refractivity contribution is 5.64. The van der Waals surface area contributed by atoms with Gasteiger partial charge in [0.15, 0.2) is 0 Å². The lowest BCUT2D eigenvalue weighted by Crippen LogP contribution is -2.29. The van der Waals surface area contributed by atoms with E-state index in [9.17, 15) is 4.39 Å². The van der Waals surface area contributed by atoms with E-state index >= 15 is 0 Å². The maximum Gasteiger partial charge on any atom is 0.123 e. The Morgan fingerprint density at radius 2 is 1.82 bits per heavy atom. The predicted octanol–water partition coefficient (Wildman–Crippen LogP) is 9.96. The molecule has 0 radical (unpaired) electrons. The molecule has 1 aliphatic heterocycles. The highest BCUT2D eigenvalue weighted by Gasteiger charge is 2.18. The first-order valence-corrected chi connectivity index (χ1v) is 15.1. The first-order chi connectivity index (χ1) is 18.5. The molecule has 1 nitrogen and oxygen atoms in total. The topological polar surface area (TPSA) is 3.24 Å². The summed E-state index contributed by atoms with van der Waals surface area (Å²) >= 11 is 0.